The van der Waals surface area contributed by atoms with Gasteiger partial charge in [-0.15, -0.1) is 0 Å². The number of benzene rings is 2. The maximum Gasteiger partial charge on any atom is 0.188 e. The number of thiocarbonyl (C=S) groups is 1. The van der Waals surface area contributed by atoms with Crippen molar-refractivity contribution in [3.8, 4) is 17.2 Å². The third kappa shape index (κ3) is 2.40. The second-order valence-electron chi connectivity index (χ2n) is 6.37. The van der Waals surface area contributed by atoms with E-state index in [1.807, 2.05) is 41.3 Å². The maximum atomic E-state index is 6.47. The summed E-state index contributed by atoms with van der Waals surface area (Å²) < 4.78 is 17.5. The predicted molar refractivity (Wildman–Crippen MR) is 101 cm³/mol. The summed E-state index contributed by atoms with van der Waals surface area (Å²) in [6.45, 7) is 2.05. The SMILES string of the molecule is COc1ccccc1N1C(=S)N[C@H]2C[C@@]1(C)Oc1c(OC)cccc12. The Morgan fingerprint density at radius 1 is 1.12 bits per heavy atom. The highest BCUT2D eigenvalue weighted by atomic mass is 32.1. The standard InChI is InChI=1S/C19H20N2O3S/c1-19-11-13(12-7-6-10-16(23-3)17(12)24-19)20-18(25)21(19)14-8-4-5-9-15(14)22-2/h4-10,13H,11H2,1-3H3,(H,20,25)/t13-,19+/m0/s1. The number of hydrogen-bond donors (Lipinski definition) is 1. The lowest BCUT2D eigenvalue weighted by molar-refractivity contribution is 0.0461. The Balaban J connectivity index is 1.84. The Bertz CT molecular complexity index is 841. The van der Waals surface area contributed by atoms with Crippen molar-refractivity contribution >= 4 is 23.0 Å². The molecule has 0 spiro atoms. The van der Waals surface area contributed by atoms with Gasteiger partial charge in [-0.25, -0.2) is 0 Å². The molecule has 1 N–H and O–H groups in total. The number of nitrogens with zero attached hydrogens (tertiary/aromatic N) is 1. The van der Waals surface area contributed by atoms with Crippen LogP contribution in [0.1, 0.15) is 24.9 Å². The quantitative estimate of drug-likeness (QED) is 0.847. The van der Waals surface area contributed by atoms with Crippen LogP contribution in [0, 0.1) is 0 Å². The van der Waals surface area contributed by atoms with Gasteiger partial charge in [-0.1, -0.05) is 24.3 Å². The monoisotopic (exact) mass is 356 g/mol. The number of anilines is 1. The lowest BCUT2D eigenvalue weighted by atomic mass is 9.90. The molecule has 1 fully saturated rings. The molecule has 0 unspecified atom stereocenters. The zero-order valence-corrected chi connectivity index (χ0v) is 15.2. The summed E-state index contributed by atoms with van der Waals surface area (Å²) >= 11 is 5.68. The second kappa shape index (κ2) is 5.81. The number of hydrogen-bond acceptors (Lipinski definition) is 4. The van der Waals surface area contributed by atoms with Gasteiger partial charge < -0.3 is 19.5 Å². The van der Waals surface area contributed by atoms with Crippen LogP contribution in [0.2, 0.25) is 0 Å². The fourth-order valence-corrected chi connectivity index (χ4v) is 4.13. The summed E-state index contributed by atoms with van der Waals surface area (Å²) in [5, 5.41) is 4.07. The van der Waals surface area contributed by atoms with Gasteiger partial charge in [0.2, 0.25) is 0 Å². The van der Waals surface area contributed by atoms with Gasteiger partial charge in [-0.2, -0.15) is 0 Å². The van der Waals surface area contributed by atoms with Gasteiger partial charge in [0.15, 0.2) is 22.3 Å². The van der Waals surface area contributed by atoms with Gasteiger partial charge in [-0.3, -0.25) is 4.90 Å². The fraction of sp³-hybridized carbons (Fsp3) is 0.316. The van der Waals surface area contributed by atoms with Gasteiger partial charge in [0.25, 0.3) is 0 Å². The minimum atomic E-state index is -0.636. The van der Waals surface area contributed by atoms with E-state index in [0.29, 0.717) is 5.11 Å². The highest BCUT2D eigenvalue weighted by Gasteiger charge is 2.49. The zero-order valence-electron chi connectivity index (χ0n) is 14.4. The summed E-state index contributed by atoms with van der Waals surface area (Å²) in [7, 11) is 3.31. The molecular weight excluding hydrogens is 336 g/mol. The molecule has 2 aromatic rings. The lowest BCUT2D eigenvalue weighted by Gasteiger charge is -2.52. The normalized spacial score (nSPS) is 24.0. The Hall–Kier alpha value is -2.47. The number of nitrogens with one attached hydrogen (secondary N) is 1. The average molecular weight is 356 g/mol. The van der Waals surface area contributed by atoms with Crippen molar-refractivity contribution in [1.29, 1.82) is 0 Å². The summed E-state index contributed by atoms with van der Waals surface area (Å²) in [5.74, 6) is 2.24. The van der Waals surface area contributed by atoms with Crippen molar-refractivity contribution in [1.82, 2.24) is 5.32 Å². The Labute approximate surface area is 152 Å². The summed E-state index contributed by atoms with van der Waals surface area (Å²) in [4.78, 5) is 1.99. The molecule has 0 saturated carbocycles. The molecule has 2 bridgehead atoms. The molecule has 2 atom stereocenters. The summed E-state index contributed by atoms with van der Waals surface area (Å²) in [5.41, 5.74) is 1.31. The van der Waals surface area contributed by atoms with Crippen LogP contribution >= 0.6 is 12.2 Å². The zero-order chi connectivity index (χ0) is 17.6. The highest BCUT2D eigenvalue weighted by Crippen LogP contribution is 2.50. The molecule has 2 aliphatic rings. The molecule has 6 heteroatoms. The first-order valence-corrected chi connectivity index (χ1v) is 8.58. The molecule has 5 nitrogen and oxygen atoms in total. The molecule has 130 valence electrons. The second-order valence-corrected chi connectivity index (χ2v) is 6.76. The smallest absolute Gasteiger partial charge is 0.188 e. The van der Waals surface area contributed by atoms with E-state index in [9.17, 15) is 0 Å². The minimum absolute atomic E-state index is 0.0855. The Kier molecular flexibility index (Phi) is 3.72. The van der Waals surface area contributed by atoms with E-state index in [-0.39, 0.29) is 6.04 Å². The molecule has 2 aliphatic heterocycles. The van der Waals surface area contributed by atoms with Crippen molar-refractivity contribution in [2.24, 2.45) is 0 Å². The Morgan fingerprint density at radius 3 is 2.60 bits per heavy atom. The molecular formula is C19H20N2O3S. The van der Waals surface area contributed by atoms with Gasteiger partial charge in [-0.05, 0) is 37.3 Å². The van der Waals surface area contributed by atoms with Gasteiger partial charge >= 0.3 is 0 Å². The van der Waals surface area contributed by atoms with Crippen LogP contribution in [0.5, 0.6) is 17.2 Å². The van der Waals surface area contributed by atoms with Crippen LogP contribution in [0.3, 0.4) is 0 Å². The number of para-hydroxylation sites is 3. The highest BCUT2D eigenvalue weighted by molar-refractivity contribution is 7.80. The Morgan fingerprint density at radius 2 is 1.84 bits per heavy atom. The van der Waals surface area contributed by atoms with Crippen LogP contribution < -0.4 is 24.4 Å². The first kappa shape index (κ1) is 16.0. The summed E-state index contributed by atoms with van der Waals surface area (Å²) in [6.07, 6.45) is 0.755. The van der Waals surface area contributed by atoms with E-state index in [2.05, 4.69) is 18.3 Å². The van der Waals surface area contributed by atoms with E-state index in [4.69, 9.17) is 26.4 Å². The molecule has 1 saturated heterocycles. The largest absolute Gasteiger partial charge is 0.495 e. The first-order valence-electron chi connectivity index (χ1n) is 8.17. The molecule has 0 aliphatic carbocycles. The fourth-order valence-electron chi connectivity index (χ4n) is 3.70. The maximum absolute atomic E-state index is 6.47. The molecule has 0 aromatic heterocycles. The van der Waals surface area contributed by atoms with E-state index in [0.717, 1.165) is 34.9 Å². The van der Waals surface area contributed by atoms with Crippen LogP contribution in [-0.4, -0.2) is 25.1 Å². The van der Waals surface area contributed by atoms with E-state index in [1.54, 1.807) is 14.2 Å². The minimum Gasteiger partial charge on any atom is -0.495 e. The number of rotatable bonds is 3. The molecule has 0 amide bonds. The van der Waals surface area contributed by atoms with Gasteiger partial charge in [0.1, 0.15) is 5.75 Å². The third-order valence-electron chi connectivity index (χ3n) is 4.81. The van der Waals surface area contributed by atoms with Gasteiger partial charge in [0, 0.05) is 12.0 Å². The molecule has 2 heterocycles. The van der Waals surface area contributed by atoms with Gasteiger partial charge in [0.05, 0.1) is 25.9 Å². The van der Waals surface area contributed by atoms with Crippen LogP contribution in [0.4, 0.5) is 5.69 Å². The lowest BCUT2D eigenvalue weighted by Crippen LogP contribution is -2.65. The number of methoxy groups -OCH3 is 2. The topological polar surface area (TPSA) is 43.0 Å². The van der Waals surface area contributed by atoms with E-state index < -0.39 is 5.72 Å². The first-order chi connectivity index (χ1) is 12.1. The van der Waals surface area contributed by atoms with E-state index in [1.165, 1.54) is 0 Å². The van der Waals surface area contributed by atoms with Crippen LogP contribution in [0.15, 0.2) is 42.5 Å². The van der Waals surface area contributed by atoms with Crippen molar-refractivity contribution in [3.05, 3.63) is 48.0 Å². The van der Waals surface area contributed by atoms with Crippen molar-refractivity contribution in [3.63, 3.8) is 0 Å². The third-order valence-corrected chi connectivity index (χ3v) is 5.11. The van der Waals surface area contributed by atoms with Crippen molar-refractivity contribution in [2.75, 3.05) is 19.1 Å². The summed E-state index contributed by atoms with van der Waals surface area (Å²) in [6, 6.07) is 13.8. The number of ether oxygens (including phenoxy) is 3. The molecule has 25 heavy (non-hydrogen) atoms. The van der Waals surface area contributed by atoms with Crippen LogP contribution in [0.25, 0.3) is 0 Å². The van der Waals surface area contributed by atoms with E-state index >= 15 is 0 Å². The van der Waals surface area contributed by atoms with Crippen molar-refractivity contribution in [2.45, 2.75) is 25.1 Å². The predicted octanol–water partition coefficient (Wildman–Crippen LogP) is 3.64. The number of fused-ring (bicyclic) bond motifs is 4. The van der Waals surface area contributed by atoms with Crippen LogP contribution in [-0.2, 0) is 0 Å². The average Bonchev–Trinajstić information content (AvgIpc) is 2.61. The molecule has 4 rings (SSSR count). The molecule has 0 radical (unpaired) electrons. The van der Waals surface area contributed by atoms with Crippen molar-refractivity contribution < 1.29 is 14.2 Å². The molecule has 2 aromatic carbocycles.